The Morgan fingerprint density at radius 3 is 2.60 bits per heavy atom. The molecule has 164 valence electrons. The van der Waals surface area contributed by atoms with Gasteiger partial charge in [0.25, 0.3) is 0 Å². The molecule has 1 fully saturated rings. The average Bonchev–Trinajstić information content (AvgIpc) is 2.77. The highest BCUT2D eigenvalue weighted by molar-refractivity contribution is 5.90. The molecule has 6 nitrogen and oxygen atoms in total. The molecule has 6 heteroatoms. The lowest BCUT2D eigenvalue weighted by molar-refractivity contribution is -0.140. The number of aromatic nitrogens is 1. The molecular weight excluding hydrogens is 380 g/mol. The minimum absolute atomic E-state index is 0.107. The maximum atomic E-state index is 12.8. The van der Waals surface area contributed by atoms with Gasteiger partial charge in [0, 0.05) is 17.5 Å². The summed E-state index contributed by atoms with van der Waals surface area (Å²) in [6.45, 7) is 6.70. The summed E-state index contributed by atoms with van der Waals surface area (Å²) in [6, 6.07) is 6.49. The van der Waals surface area contributed by atoms with E-state index in [1.807, 2.05) is 20.8 Å². The van der Waals surface area contributed by atoms with E-state index in [1.54, 1.807) is 18.2 Å². The van der Waals surface area contributed by atoms with Crippen LogP contribution in [0.3, 0.4) is 0 Å². The molecule has 3 atom stereocenters. The Labute approximate surface area is 178 Å². The molecule has 1 aliphatic carbocycles. The van der Waals surface area contributed by atoms with Crippen LogP contribution in [0.1, 0.15) is 71.0 Å². The lowest BCUT2D eigenvalue weighted by atomic mass is 9.81. The first kappa shape index (κ1) is 22.5. The summed E-state index contributed by atoms with van der Waals surface area (Å²) in [7, 11) is 0. The van der Waals surface area contributed by atoms with Gasteiger partial charge in [-0.2, -0.15) is 0 Å². The highest BCUT2D eigenvalue weighted by atomic mass is 16.5. The number of ether oxygens (including phenoxy) is 1. The van der Waals surface area contributed by atoms with E-state index in [9.17, 15) is 14.7 Å². The maximum Gasteiger partial charge on any atom is 0.314 e. The van der Waals surface area contributed by atoms with Crippen molar-refractivity contribution in [2.45, 2.75) is 71.4 Å². The van der Waals surface area contributed by atoms with Crippen LogP contribution >= 0.6 is 0 Å². The number of carbonyl (C=O) groups excluding carboxylic acids is 1. The van der Waals surface area contributed by atoms with Gasteiger partial charge in [-0.3, -0.25) is 9.59 Å². The smallest absolute Gasteiger partial charge is 0.314 e. The Bertz CT molecular complexity index is 917. The number of hydrogen-bond donors (Lipinski definition) is 3. The number of hydrogen-bond acceptors (Lipinski definition) is 5. The summed E-state index contributed by atoms with van der Waals surface area (Å²) in [4.78, 5) is 27.6. The van der Waals surface area contributed by atoms with E-state index in [-0.39, 0.29) is 23.5 Å². The van der Waals surface area contributed by atoms with Gasteiger partial charge in [0.1, 0.15) is 0 Å². The van der Waals surface area contributed by atoms with E-state index in [4.69, 9.17) is 4.74 Å². The number of H-pyrrole nitrogens is 1. The highest BCUT2D eigenvalue weighted by Gasteiger charge is 2.28. The Hall–Kier alpha value is -2.18. The highest BCUT2D eigenvalue weighted by Crippen LogP contribution is 2.34. The van der Waals surface area contributed by atoms with Crippen molar-refractivity contribution in [1.29, 1.82) is 0 Å². The molecule has 3 rings (SSSR count). The summed E-state index contributed by atoms with van der Waals surface area (Å²) < 4.78 is 5.76. The summed E-state index contributed by atoms with van der Waals surface area (Å²) in [5.74, 6) is 0.241. The molecule has 3 N–H and O–H groups in total. The second-order valence-electron chi connectivity index (χ2n) is 8.39. The minimum Gasteiger partial charge on any atom is -0.424 e. The van der Waals surface area contributed by atoms with Gasteiger partial charge in [0.2, 0.25) is 5.56 Å². The number of aromatic amines is 1. The van der Waals surface area contributed by atoms with Crippen molar-refractivity contribution < 1.29 is 14.6 Å². The Morgan fingerprint density at radius 1 is 1.20 bits per heavy atom. The van der Waals surface area contributed by atoms with E-state index < -0.39 is 6.10 Å². The fraction of sp³-hybridized carbons (Fsp3) is 0.583. The van der Waals surface area contributed by atoms with Gasteiger partial charge in [-0.15, -0.1) is 0 Å². The number of likely N-dealkylation sites (N-methyl/N-ethyl adjacent to an activating group) is 1. The van der Waals surface area contributed by atoms with Gasteiger partial charge in [-0.05, 0) is 49.4 Å². The molecule has 0 aliphatic heterocycles. The van der Waals surface area contributed by atoms with Crippen LogP contribution in [0.4, 0.5) is 0 Å². The fourth-order valence-corrected chi connectivity index (χ4v) is 4.58. The van der Waals surface area contributed by atoms with E-state index in [1.165, 1.54) is 12.5 Å². The van der Waals surface area contributed by atoms with Crippen LogP contribution in [-0.2, 0) is 4.79 Å². The summed E-state index contributed by atoms with van der Waals surface area (Å²) >= 11 is 0. The van der Waals surface area contributed by atoms with E-state index >= 15 is 0 Å². The molecule has 0 saturated heterocycles. The van der Waals surface area contributed by atoms with Gasteiger partial charge in [-0.1, -0.05) is 46.1 Å². The summed E-state index contributed by atoms with van der Waals surface area (Å²) in [5.41, 5.74) is 0.884. The van der Waals surface area contributed by atoms with Crippen molar-refractivity contribution in [3.63, 3.8) is 0 Å². The normalized spacial score (nSPS) is 18.1. The van der Waals surface area contributed by atoms with Gasteiger partial charge < -0.3 is 20.1 Å². The molecule has 2 aromatic rings. The maximum absolute atomic E-state index is 12.8. The van der Waals surface area contributed by atoms with Crippen molar-refractivity contribution in [1.82, 2.24) is 10.3 Å². The standard InChI is InChI=1S/C24H34N2O4/c1-4-19(25-5-2)23(28)18-11-13-20(22-17(18)12-14-21(27)26-22)30-24(29)15(3)16-9-7-6-8-10-16/h11-16,19,23,25,28H,4-10H2,1-3H3,(H,26,27). The van der Waals surface area contributed by atoms with Crippen LogP contribution in [0.2, 0.25) is 0 Å². The number of aliphatic hydroxyl groups is 1. The third-order valence-corrected chi connectivity index (χ3v) is 6.44. The van der Waals surface area contributed by atoms with Crippen LogP contribution in [-0.4, -0.2) is 28.6 Å². The summed E-state index contributed by atoms with van der Waals surface area (Å²) in [6.07, 6.45) is 5.69. The Kier molecular flexibility index (Phi) is 7.67. The SMILES string of the molecule is CCNC(CC)C(O)c1ccc(OC(=O)C(C)C2CCCCC2)c2[nH]c(=O)ccc12. The molecular formula is C24H34N2O4. The molecule has 0 spiro atoms. The second-order valence-corrected chi connectivity index (χ2v) is 8.39. The third kappa shape index (κ3) is 4.93. The zero-order chi connectivity index (χ0) is 21.7. The third-order valence-electron chi connectivity index (χ3n) is 6.44. The van der Waals surface area contributed by atoms with Crippen LogP contribution in [0.5, 0.6) is 5.75 Å². The number of aliphatic hydroxyl groups excluding tert-OH is 1. The number of esters is 1. The van der Waals surface area contributed by atoms with Crippen molar-refractivity contribution >= 4 is 16.9 Å². The first-order valence-corrected chi connectivity index (χ1v) is 11.2. The molecule has 1 aromatic carbocycles. The van der Waals surface area contributed by atoms with Gasteiger partial charge >= 0.3 is 5.97 Å². The Morgan fingerprint density at radius 2 is 1.93 bits per heavy atom. The predicted molar refractivity (Wildman–Crippen MR) is 119 cm³/mol. The number of carbonyl (C=O) groups is 1. The molecule has 1 aromatic heterocycles. The largest absolute Gasteiger partial charge is 0.424 e. The molecule has 1 saturated carbocycles. The number of rotatable bonds is 8. The second kappa shape index (κ2) is 10.2. The zero-order valence-corrected chi connectivity index (χ0v) is 18.2. The van der Waals surface area contributed by atoms with Crippen LogP contribution in [0.25, 0.3) is 10.9 Å². The van der Waals surface area contributed by atoms with Crippen molar-refractivity contribution in [3.05, 3.63) is 40.2 Å². The topological polar surface area (TPSA) is 91.4 Å². The molecule has 30 heavy (non-hydrogen) atoms. The molecule has 3 unspecified atom stereocenters. The van der Waals surface area contributed by atoms with Gasteiger partial charge in [0.15, 0.2) is 5.75 Å². The lowest BCUT2D eigenvalue weighted by Gasteiger charge is -2.26. The lowest BCUT2D eigenvalue weighted by Crippen LogP contribution is -2.34. The molecule has 0 bridgehead atoms. The monoisotopic (exact) mass is 414 g/mol. The number of fused-ring (bicyclic) bond motifs is 1. The minimum atomic E-state index is -0.741. The van der Waals surface area contributed by atoms with Crippen molar-refractivity contribution in [2.75, 3.05) is 6.54 Å². The Balaban J connectivity index is 1.91. The molecule has 0 radical (unpaired) electrons. The number of nitrogens with one attached hydrogen (secondary N) is 2. The van der Waals surface area contributed by atoms with E-state index in [0.717, 1.165) is 38.6 Å². The van der Waals surface area contributed by atoms with Gasteiger partial charge in [0.05, 0.1) is 17.5 Å². The predicted octanol–water partition coefficient (Wildman–Crippen LogP) is 4.07. The molecule has 1 aliphatic rings. The first-order valence-electron chi connectivity index (χ1n) is 11.2. The summed E-state index contributed by atoms with van der Waals surface area (Å²) in [5, 5.41) is 14.9. The van der Waals surface area contributed by atoms with E-state index in [2.05, 4.69) is 10.3 Å². The number of pyridine rings is 1. The van der Waals surface area contributed by atoms with Gasteiger partial charge in [-0.25, -0.2) is 0 Å². The zero-order valence-electron chi connectivity index (χ0n) is 18.2. The van der Waals surface area contributed by atoms with Crippen molar-refractivity contribution in [3.8, 4) is 5.75 Å². The average molecular weight is 415 g/mol. The van der Waals surface area contributed by atoms with E-state index in [0.29, 0.717) is 28.1 Å². The quantitative estimate of drug-likeness (QED) is 0.447. The number of benzene rings is 1. The molecule has 0 amide bonds. The van der Waals surface area contributed by atoms with Crippen LogP contribution in [0.15, 0.2) is 29.1 Å². The molecule has 1 heterocycles. The fourth-order valence-electron chi connectivity index (χ4n) is 4.58. The van der Waals surface area contributed by atoms with Crippen LogP contribution in [0, 0.1) is 11.8 Å². The van der Waals surface area contributed by atoms with Crippen LogP contribution < -0.4 is 15.6 Å². The first-order chi connectivity index (χ1) is 14.5. The van der Waals surface area contributed by atoms with Crippen molar-refractivity contribution in [2.24, 2.45) is 11.8 Å².